The van der Waals surface area contributed by atoms with Gasteiger partial charge in [-0.25, -0.2) is 31.4 Å². The molecule has 0 radical (unpaired) electrons. The van der Waals surface area contributed by atoms with Crippen molar-refractivity contribution in [2.24, 2.45) is 17.8 Å². The molecule has 15 nitrogen and oxygen atoms in total. The molecule has 3 heterocycles. The fourth-order valence-electron chi connectivity index (χ4n) is 9.03. The summed E-state index contributed by atoms with van der Waals surface area (Å²) in [7, 11) is -2.61. The van der Waals surface area contributed by atoms with Crippen LogP contribution in [0.5, 0.6) is 17.2 Å². The van der Waals surface area contributed by atoms with Gasteiger partial charge in [0, 0.05) is 42.3 Å². The minimum Gasteiger partial charge on any atom is -0.497 e. The molecule has 3 N–H and O–H groups in total. The van der Waals surface area contributed by atoms with Crippen LogP contribution in [-0.4, -0.2) is 102 Å². The van der Waals surface area contributed by atoms with Crippen LogP contribution in [0, 0.1) is 23.6 Å². The van der Waals surface area contributed by atoms with Crippen molar-refractivity contribution < 1.29 is 59.7 Å². The number of sulfonamides is 1. The first-order valence-corrected chi connectivity index (χ1v) is 25.1. The number of fused-ring (bicyclic) bond motifs is 3. The van der Waals surface area contributed by atoms with Crippen LogP contribution in [-0.2, 0) is 29.1 Å². The van der Waals surface area contributed by atoms with Crippen molar-refractivity contribution in [3.8, 4) is 28.5 Å². The molecular formula is C50H64F3N5O10S. The average molecular weight is 984 g/mol. The molecule has 3 aromatic rings. The maximum absolute atomic E-state index is 15.4. The third kappa shape index (κ3) is 10.9. The minimum absolute atomic E-state index is 0.0173. The number of nitrogens with one attached hydrogen (secondary N) is 3. The lowest BCUT2D eigenvalue weighted by atomic mass is 9.85. The Kier molecular flexibility index (Phi) is 14.3. The number of ether oxygens (including phenoxy) is 4. The Labute approximate surface area is 401 Å². The van der Waals surface area contributed by atoms with E-state index in [9.17, 15) is 31.6 Å². The Balaban J connectivity index is 1.28. The third-order valence-corrected chi connectivity index (χ3v) is 16.3. The number of aromatic nitrogens is 1. The van der Waals surface area contributed by atoms with E-state index in [0.717, 1.165) is 13.8 Å². The van der Waals surface area contributed by atoms with E-state index in [-0.39, 0.29) is 42.9 Å². The lowest BCUT2D eigenvalue weighted by Crippen LogP contribution is -2.60. The van der Waals surface area contributed by atoms with Crippen LogP contribution in [0.2, 0.25) is 0 Å². The van der Waals surface area contributed by atoms with Gasteiger partial charge in [0.2, 0.25) is 21.8 Å². The molecule has 2 aliphatic heterocycles. The van der Waals surface area contributed by atoms with Crippen LogP contribution in [0.3, 0.4) is 0 Å². The standard InChI is InChI=1S/C50H64F3N5O10S/c1-10-30-21-29(4)13-11-12-14-32-26-50(32,45(61)57-69(63,64)48(7)19-20-48)56-43(59)39-24-34(27-58(39)44(60)42(30)55-46(62)68-47(5,6)49(8,52)53)67-41-25-37(54-38-23-33(65-9)16-17-35(38)41)31-15-18-40(36(51)22-31)66-28(2)3/h12,14-18,22-23,25,28-30,32,34,39,42H,10-11,13,19-21,24,26-27H2,1-9H3,(H,55,62)(H,56,59)(H,57,61). The van der Waals surface area contributed by atoms with Gasteiger partial charge in [0.05, 0.1) is 35.7 Å². The quantitative estimate of drug-likeness (QED) is 0.141. The van der Waals surface area contributed by atoms with Gasteiger partial charge < -0.3 is 34.5 Å². The van der Waals surface area contributed by atoms with Gasteiger partial charge in [-0.15, -0.1) is 0 Å². The highest BCUT2D eigenvalue weighted by Crippen LogP contribution is 2.48. The van der Waals surface area contributed by atoms with Gasteiger partial charge in [-0.3, -0.25) is 19.1 Å². The Bertz CT molecular complexity index is 2620. The molecule has 4 aliphatic rings. The molecule has 2 aromatic carbocycles. The lowest BCUT2D eigenvalue weighted by molar-refractivity contribution is -0.152. The summed E-state index contributed by atoms with van der Waals surface area (Å²) in [5.74, 6) is -6.78. The number of rotatable bonds is 13. The summed E-state index contributed by atoms with van der Waals surface area (Å²) >= 11 is 0. The summed E-state index contributed by atoms with van der Waals surface area (Å²) in [6.07, 6.45) is 3.91. The molecule has 19 heteroatoms. The molecule has 1 aromatic heterocycles. The predicted molar refractivity (Wildman–Crippen MR) is 252 cm³/mol. The fourth-order valence-corrected chi connectivity index (χ4v) is 10.3. The van der Waals surface area contributed by atoms with Crippen LogP contribution in [0.25, 0.3) is 22.2 Å². The molecular weight excluding hydrogens is 920 g/mol. The van der Waals surface area contributed by atoms with E-state index in [4.69, 9.17) is 23.9 Å². The number of carbonyl (C=O) groups excluding carboxylic acids is 4. The molecule has 3 fully saturated rings. The van der Waals surface area contributed by atoms with Crippen LogP contribution < -0.4 is 29.6 Å². The summed E-state index contributed by atoms with van der Waals surface area (Å²) in [6.45, 7) is 11.5. The highest BCUT2D eigenvalue weighted by Gasteiger charge is 2.63. The highest BCUT2D eigenvalue weighted by molar-refractivity contribution is 7.91. The van der Waals surface area contributed by atoms with Gasteiger partial charge in [0.15, 0.2) is 17.2 Å². The van der Waals surface area contributed by atoms with Crippen molar-refractivity contribution in [3.63, 3.8) is 0 Å². The van der Waals surface area contributed by atoms with Gasteiger partial charge >= 0.3 is 6.09 Å². The van der Waals surface area contributed by atoms with E-state index < -0.39 is 91.5 Å². The number of hydrogen-bond acceptors (Lipinski definition) is 11. The van der Waals surface area contributed by atoms with Gasteiger partial charge in [-0.1, -0.05) is 32.4 Å². The summed E-state index contributed by atoms with van der Waals surface area (Å²) in [4.78, 5) is 64.0. The second-order valence-corrected chi connectivity index (χ2v) is 22.5. The number of halogens is 3. The number of pyridine rings is 1. The van der Waals surface area contributed by atoms with E-state index in [1.165, 1.54) is 24.1 Å². The smallest absolute Gasteiger partial charge is 0.408 e. The third-order valence-electron chi connectivity index (χ3n) is 14.1. The van der Waals surface area contributed by atoms with Gasteiger partial charge in [-0.2, -0.15) is 0 Å². The van der Waals surface area contributed by atoms with Crippen LogP contribution in [0.4, 0.5) is 18.0 Å². The first kappa shape index (κ1) is 51.3. The molecule has 7 unspecified atom stereocenters. The van der Waals surface area contributed by atoms with E-state index in [0.29, 0.717) is 73.4 Å². The van der Waals surface area contributed by atoms with Crippen LogP contribution >= 0.6 is 0 Å². The molecule has 2 saturated carbocycles. The van der Waals surface area contributed by atoms with E-state index in [1.807, 2.05) is 26.0 Å². The van der Waals surface area contributed by atoms with Crippen molar-refractivity contribution >= 4 is 44.7 Å². The number of benzene rings is 2. The molecule has 0 spiro atoms. The number of allylic oxidation sites excluding steroid dienone is 1. The topological polar surface area (TPSA) is 192 Å². The van der Waals surface area contributed by atoms with E-state index >= 15 is 9.18 Å². The maximum atomic E-state index is 15.4. The Hall–Kier alpha value is -5.59. The Morgan fingerprint density at radius 3 is 2.41 bits per heavy atom. The van der Waals surface area contributed by atoms with E-state index in [1.54, 1.807) is 51.1 Å². The summed E-state index contributed by atoms with van der Waals surface area (Å²) in [5, 5.41) is 5.99. The zero-order valence-corrected chi connectivity index (χ0v) is 41.4. The highest BCUT2D eigenvalue weighted by atomic mass is 32.2. The number of methoxy groups -OCH3 is 1. The maximum Gasteiger partial charge on any atom is 0.408 e. The molecule has 7 atom stereocenters. The van der Waals surface area contributed by atoms with Gasteiger partial charge in [0.1, 0.15) is 35.2 Å². The Morgan fingerprint density at radius 2 is 1.77 bits per heavy atom. The Morgan fingerprint density at radius 1 is 1.04 bits per heavy atom. The van der Waals surface area contributed by atoms with Crippen molar-refractivity contribution in [2.45, 2.75) is 153 Å². The lowest BCUT2D eigenvalue weighted by Gasteiger charge is -2.35. The van der Waals surface area contributed by atoms with Crippen molar-refractivity contribution in [1.82, 2.24) is 25.2 Å². The zero-order chi connectivity index (χ0) is 50.4. The van der Waals surface area contributed by atoms with Crippen molar-refractivity contribution in [2.75, 3.05) is 13.7 Å². The fraction of sp³-hybridized carbons (Fsp3) is 0.580. The summed E-state index contributed by atoms with van der Waals surface area (Å²) < 4.78 is 95.6. The molecule has 7 rings (SSSR count). The number of alkyl halides is 2. The van der Waals surface area contributed by atoms with Crippen LogP contribution in [0.1, 0.15) is 107 Å². The van der Waals surface area contributed by atoms with Crippen LogP contribution in [0.15, 0.2) is 54.6 Å². The average Bonchev–Trinajstić information content (AvgIpc) is 4.15. The number of carbonyl (C=O) groups is 4. The first-order valence-electron chi connectivity index (χ1n) is 23.7. The number of hydrogen-bond donors (Lipinski definition) is 3. The molecule has 2 aliphatic carbocycles. The monoisotopic (exact) mass is 983 g/mol. The second-order valence-electron chi connectivity index (χ2n) is 20.3. The first-order chi connectivity index (χ1) is 32.3. The number of nitrogens with zero attached hydrogens (tertiary/aromatic N) is 2. The normalized spacial score (nSPS) is 26.2. The molecule has 69 heavy (non-hydrogen) atoms. The molecule has 0 bridgehead atoms. The molecule has 376 valence electrons. The summed E-state index contributed by atoms with van der Waals surface area (Å²) in [5.41, 5.74) is -2.80. The molecule has 1 saturated heterocycles. The van der Waals surface area contributed by atoms with Crippen molar-refractivity contribution in [3.05, 3.63) is 60.4 Å². The SMILES string of the molecule is CCC1CC(C)CCC=CC2CC2(C(=O)NS(=O)(=O)C2(C)CC2)NC(=O)C2CC(Oc3cc(-c4ccc(OC(C)C)c(F)c4)nc4cc(OC)ccc34)CN2C(=O)C1NC(=O)OC(C)(C)C(C)(F)F. The predicted octanol–water partition coefficient (Wildman–Crippen LogP) is 7.99. The van der Waals surface area contributed by atoms with Crippen molar-refractivity contribution in [1.29, 1.82) is 0 Å². The van der Waals surface area contributed by atoms with Gasteiger partial charge in [-0.05, 0) is 115 Å². The minimum atomic E-state index is -4.11. The number of alkyl carbamates (subject to hydrolysis) is 1. The largest absolute Gasteiger partial charge is 0.497 e. The van der Waals surface area contributed by atoms with E-state index in [2.05, 4.69) is 15.4 Å². The number of amides is 4. The zero-order valence-electron chi connectivity index (χ0n) is 40.6. The molecule has 4 amide bonds. The van der Waals surface area contributed by atoms with Gasteiger partial charge in [0.25, 0.3) is 11.8 Å². The second kappa shape index (κ2) is 19.3. The summed E-state index contributed by atoms with van der Waals surface area (Å²) in [6, 6.07) is 8.47.